The third kappa shape index (κ3) is 2.43. The second kappa shape index (κ2) is 4.82. The number of fused-ring (bicyclic) bond motifs is 1. The van der Waals surface area contributed by atoms with Gasteiger partial charge >= 0.3 is 0 Å². The second-order valence-corrected chi connectivity index (χ2v) is 5.78. The quantitative estimate of drug-likeness (QED) is 0.744. The highest BCUT2D eigenvalue weighted by atomic mass is 32.2. The molecule has 3 aromatic rings. The molecule has 0 spiro atoms. The molecule has 9 heteroatoms. The monoisotopic (exact) mass is 299 g/mol. The Morgan fingerprint density at radius 3 is 2.84 bits per heavy atom. The second-order valence-electron chi connectivity index (χ2n) is 3.66. The van der Waals surface area contributed by atoms with Crippen LogP contribution in [-0.2, 0) is 0 Å². The predicted molar refractivity (Wildman–Crippen MR) is 66.7 cm³/mol. The van der Waals surface area contributed by atoms with Gasteiger partial charge in [-0.15, -0.1) is 21.5 Å². The van der Waals surface area contributed by atoms with Crippen LogP contribution in [0.5, 0.6) is 0 Å². The summed E-state index contributed by atoms with van der Waals surface area (Å²) in [5.74, 6) is -0.451. The Bertz CT molecular complexity index is 724. The summed E-state index contributed by atoms with van der Waals surface area (Å²) >= 11 is 2.81. The van der Waals surface area contributed by atoms with Crippen molar-refractivity contribution in [3.05, 3.63) is 29.0 Å². The zero-order valence-corrected chi connectivity index (χ0v) is 11.3. The van der Waals surface area contributed by atoms with E-state index in [1.54, 1.807) is 12.1 Å². The highest BCUT2D eigenvalue weighted by Crippen LogP contribution is 2.29. The van der Waals surface area contributed by atoms with E-state index in [1.165, 1.54) is 23.1 Å². The zero-order valence-electron chi connectivity index (χ0n) is 9.62. The molecule has 5 nitrogen and oxygen atoms in total. The van der Waals surface area contributed by atoms with Crippen molar-refractivity contribution in [3.8, 4) is 0 Å². The number of thiazole rings is 1. The molecule has 3 heterocycles. The molecule has 3 aromatic heterocycles. The van der Waals surface area contributed by atoms with Crippen LogP contribution >= 0.6 is 23.1 Å². The summed E-state index contributed by atoms with van der Waals surface area (Å²) in [6.07, 6.45) is -2.70. The molecule has 0 N–H and O–H groups in total. The van der Waals surface area contributed by atoms with E-state index in [2.05, 4.69) is 20.3 Å². The topological polar surface area (TPSA) is 56.0 Å². The van der Waals surface area contributed by atoms with Gasteiger partial charge in [-0.05, 0) is 30.8 Å². The molecule has 0 saturated heterocycles. The van der Waals surface area contributed by atoms with Gasteiger partial charge in [-0.25, -0.2) is 13.8 Å². The van der Waals surface area contributed by atoms with Crippen molar-refractivity contribution >= 4 is 28.7 Å². The standard InChI is InChI=1S/C10H7F2N5S2/c1-5-4-18-10(13-5)19-7-3-2-6-14-15-9(8(11)12)17(6)16-7/h2-4,8H,1H3. The first kappa shape index (κ1) is 12.4. The number of halogens is 2. The number of rotatable bonds is 3. The Morgan fingerprint density at radius 2 is 2.16 bits per heavy atom. The van der Waals surface area contributed by atoms with Gasteiger partial charge < -0.3 is 0 Å². The maximum Gasteiger partial charge on any atom is 0.299 e. The molecular formula is C10H7F2N5S2. The third-order valence-corrected chi connectivity index (χ3v) is 4.23. The van der Waals surface area contributed by atoms with E-state index in [-0.39, 0.29) is 0 Å². The fourth-order valence-electron chi connectivity index (χ4n) is 1.45. The van der Waals surface area contributed by atoms with Gasteiger partial charge in [-0.3, -0.25) is 0 Å². The van der Waals surface area contributed by atoms with Crippen LogP contribution in [-0.4, -0.2) is 24.8 Å². The molecule has 0 aliphatic carbocycles. The van der Waals surface area contributed by atoms with Gasteiger partial charge in [0, 0.05) is 11.1 Å². The zero-order chi connectivity index (χ0) is 13.4. The van der Waals surface area contributed by atoms with Crippen molar-refractivity contribution in [2.24, 2.45) is 0 Å². The third-order valence-electron chi connectivity index (χ3n) is 2.25. The predicted octanol–water partition coefficient (Wildman–Crippen LogP) is 2.98. The molecule has 0 aromatic carbocycles. The molecule has 0 amide bonds. The first-order chi connectivity index (χ1) is 9.13. The van der Waals surface area contributed by atoms with Crippen LogP contribution in [0.4, 0.5) is 8.78 Å². The fourth-order valence-corrected chi connectivity index (χ4v) is 3.19. The number of alkyl halides is 2. The minimum Gasteiger partial charge on any atom is -0.235 e. The first-order valence-corrected chi connectivity index (χ1v) is 6.93. The van der Waals surface area contributed by atoms with Crippen LogP contribution in [0.25, 0.3) is 5.65 Å². The molecule has 0 radical (unpaired) electrons. The molecule has 98 valence electrons. The van der Waals surface area contributed by atoms with Gasteiger partial charge in [0.1, 0.15) is 5.03 Å². The lowest BCUT2D eigenvalue weighted by molar-refractivity contribution is 0.137. The van der Waals surface area contributed by atoms with Crippen LogP contribution in [0.1, 0.15) is 17.9 Å². The Hall–Kier alpha value is -1.61. The van der Waals surface area contributed by atoms with Crippen molar-refractivity contribution in [2.75, 3.05) is 0 Å². The summed E-state index contributed by atoms with van der Waals surface area (Å²) in [5.41, 5.74) is 1.22. The lowest BCUT2D eigenvalue weighted by Gasteiger charge is -2.00. The highest BCUT2D eigenvalue weighted by molar-refractivity contribution is 8.00. The number of aryl methyl sites for hydroxylation is 1. The Morgan fingerprint density at radius 1 is 1.32 bits per heavy atom. The maximum atomic E-state index is 12.7. The van der Waals surface area contributed by atoms with E-state index in [4.69, 9.17) is 0 Å². The molecule has 0 unspecified atom stereocenters. The largest absolute Gasteiger partial charge is 0.299 e. The summed E-state index contributed by atoms with van der Waals surface area (Å²) in [4.78, 5) is 4.28. The maximum absolute atomic E-state index is 12.7. The van der Waals surface area contributed by atoms with Crippen LogP contribution in [0, 0.1) is 6.92 Å². The normalized spacial score (nSPS) is 11.6. The van der Waals surface area contributed by atoms with Gasteiger partial charge in [0.15, 0.2) is 9.99 Å². The molecule has 19 heavy (non-hydrogen) atoms. The average molecular weight is 299 g/mol. The van der Waals surface area contributed by atoms with Crippen molar-refractivity contribution in [1.29, 1.82) is 0 Å². The Labute approximate surface area is 114 Å². The average Bonchev–Trinajstić information content (AvgIpc) is 2.95. The molecule has 0 atom stereocenters. The van der Waals surface area contributed by atoms with Crippen LogP contribution in [0.15, 0.2) is 26.9 Å². The Kier molecular flexibility index (Phi) is 3.15. The minimum absolute atomic E-state index is 0.301. The van der Waals surface area contributed by atoms with Crippen molar-refractivity contribution in [3.63, 3.8) is 0 Å². The summed E-state index contributed by atoms with van der Waals surface area (Å²) in [5, 5.41) is 13.7. The number of hydrogen-bond acceptors (Lipinski definition) is 6. The van der Waals surface area contributed by atoms with Crippen molar-refractivity contribution in [1.82, 2.24) is 24.8 Å². The van der Waals surface area contributed by atoms with Gasteiger partial charge in [0.2, 0.25) is 5.82 Å². The van der Waals surface area contributed by atoms with E-state index in [0.717, 1.165) is 14.5 Å². The lowest BCUT2D eigenvalue weighted by Crippen LogP contribution is -2.00. The smallest absolute Gasteiger partial charge is 0.235 e. The van der Waals surface area contributed by atoms with Gasteiger partial charge in [0.25, 0.3) is 6.43 Å². The van der Waals surface area contributed by atoms with E-state index >= 15 is 0 Å². The van der Waals surface area contributed by atoms with Gasteiger partial charge in [-0.2, -0.15) is 9.61 Å². The molecule has 0 aliphatic rings. The van der Waals surface area contributed by atoms with Gasteiger partial charge in [0.05, 0.1) is 0 Å². The lowest BCUT2D eigenvalue weighted by atomic mass is 10.5. The van der Waals surface area contributed by atoms with Crippen molar-refractivity contribution < 1.29 is 8.78 Å². The van der Waals surface area contributed by atoms with Crippen LogP contribution in [0.2, 0.25) is 0 Å². The van der Waals surface area contributed by atoms with Crippen LogP contribution < -0.4 is 0 Å². The molecule has 0 fully saturated rings. The number of aromatic nitrogens is 5. The molecule has 0 saturated carbocycles. The SMILES string of the molecule is Cc1csc(Sc2ccc3nnc(C(F)F)n3n2)n1. The van der Waals surface area contributed by atoms with Crippen molar-refractivity contribution in [2.45, 2.75) is 22.7 Å². The molecule has 3 rings (SSSR count). The summed E-state index contributed by atoms with van der Waals surface area (Å²) in [7, 11) is 0. The van der Waals surface area contributed by atoms with E-state index in [9.17, 15) is 8.78 Å². The summed E-state index contributed by atoms with van der Waals surface area (Å²) in [6.45, 7) is 1.89. The molecule has 0 aliphatic heterocycles. The Balaban J connectivity index is 1.98. The summed E-state index contributed by atoms with van der Waals surface area (Å²) < 4.78 is 27.3. The molecule has 0 bridgehead atoms. The van der Waals surface area contributed by atoms with E-state index in [0.29, 0.717) is 10.7 Å². The molecular weight excluding hydrogens is 292 g/mol. The van der Waals surface area contributed by atoms with E-state index in [1.807, 2.05) is 12.3 Å². The summed E-state index contributed by atoms with van der Waals surface area (Å²) in [6, 6.07) is 3.31. The van der Waals surface area contributed by atoms with Crippen LogP contribution in [0.3, 0.4) is 0 Å². The van der Waals surface area contributed by atoms with Gasteiger partial charge in [-0.1, -0.05) is 0 Å². The fraction of sp³-hybridized carbons (Fsp3) is 0.200. The van der Waals surface area contributed by atoms with E-state index < -0.39 is 12.2 Å². The highest BCUT2D eigenvalue weighted by Gasteiger charge is 2.17. The number of nitrogens with zero attached hydrogens (tertiary/aromatic N) is 5. The number of hydrogen-bond donors (Lipinski definition) is 0. The first-order valence-electron chi connectivity index (χ1n) is 5.24. The minimum atomic E-state index is -2.70.